The number of nitrogens with zero attached hydrogens (tertiary/aromatic N) is 1. The van der Waals surface area contributed by atoms with Crippen LogP contribution in [0.15, 0.2) is 24.3 Å². The molecule has 4 heteroatoms. The van der Waals surface area contributed by atoms with E-state index in [0.717, 1.165) is 13.1 Å². The zero-order chi connectivity index (χ0) is 15.5. The average Bonchev–Trinajstić information content (AvgIpc) is 2.48. The van der Waals surface area contributed by atoms with E-state index in [1.165, 1.54) is 25.7 Å². The van der Waals surface area contributed by atoms with Crippen molar-refractivity contribution < 1.29 is 9.84 Å². The summed E-state index contributed by atoms with van der Waals surface area (Å²) in [4.78, 5) is 2.33. The molecule has 0 spiro atoms. The number of aliphatic hydroxyl groups is 1. The van der Waals surface area contributed by atoms with Crippen molar-refractivity contribution in [1.29, 1.82) is 0 Å². The first-order valence-corrected chi connectivity index (χ1v) is 8.04. The highest BCUT2D eigenvalue weighted by molar-refractivity contribution is 5.43. The maximum absolute atomic E-state index is 10.2. The lowest BCUT2D eigenvalue weighted by molar-refractivity contribution is 0.0672. The smallest absolute Gasteiger partial charge is 0.121 e. The monoisotopic (exact) mass is 294 g/mol. The molecule has 3 N–H and O–H groups in total. The summed E-state index contributed by atoms with van der Waals surface area (Å²) in [6.07, 6.45) is 4.23. The van der Waals surface area contributed by atoms with Gasteiger partial charge in [-0.05, 0) is 38.1 Å². The highest BCUT2D eigenvalue weighted by atomic mass is 16.5. The molecule has 0 heterocycles. The molecule has 0 aromatic heterocycles. The van der Waals surface area contributed by atoms with Gasteiger partial charge in [-0.1, -0.05) is 32.8 Å². The van der Waals surface area contributed by atoms with Crippen molar-refractivity contribution in [2.75, 3.05) is 32.0 Å². The molecule has 1 rings (SSSR count). The van der Waals surface area contributed by atoms with Crippen LogP contribution >= 0.6 is 0 Å². The average molecular weight is 294 g/mol. The van der Waals surface area contributed by atoms with Gasteiger partial charge in [0.05, 0.1) is 0 Å². The third-order valence-electron chi connectivity index (χ3n) is 3.43. The van der Waals surface area contributed by atoms with Gasteiger partial charge in [0.15, 0.2) is 0 Å². The first-order chi connectivity index (χ1) is 10.2. The molecule has 0 fully saturated rings. The summed E-state index contributed by atoms with van der Waals surface area (Å²) in [6, 6.07) is 7.31. The van der Waals surface area contributed by atoms with Crippen LogP contribution < -0.4 is 10.5 Å². The number of hydrogen-bond donors (Lipinski definition) is 2. The van der Waals surface area contributed by atoms with Gasteiger partial charge in [0.25, 0.3) is 0 Å². The lowest BCUT2D eigenvalue weighted by Gasteiger charge is -2.25. The molecule has 0 aliphatic heterocycles. The van der Waals surface area contributed by atoms with Crippen LogP contribution in [0.4, 0.5) is 5.69 Å². The van der Waals surface area contributed by atoms with Crippen molar-refractivity contribution >= 4 is 5.69 Å². The van der Waals surface area contributed by atoms with Crippen LogP contribution in [0.2, 0.25) is 0 Å². The zero-order valence-corrected chi connectivity index (χ0v) is 13.4. The highest BCUT2D eigenvalue weighted by Crippen LogP contribution is 2.14. The third kappa shape index (κ3) is 7.93. The minimum Gasteiger partial charge on any atom is -0.491 e. The number of unbranched alkanes of at least 4 members (excludes halogenated alkanes) is 2. The molecule has 120 valence electrons. The number of ether oxygens (including phenoxy) is 1. The fourth-order valence-corrected chi connectivity index (χ4v) is 2.21. The van der Waals surface area contributed by atoms with Crippen molar-refractivity contribution in [2.45, 2.75) is 45.6 Å². The van der Waals surface area contributed by atoms with Crippen LogP contribution in [0.3, 0.4) is 0 Å². The van der Waals surface area contributed by atoms with Crippen LogP contribution in [0.25, 0.3) is 0 Å². The molecular weight excluding hydrogens is 264 g/mol. The van der Waals surface area contributed by atoms with Gasteiger partial charge in [-0.3, -0.25) is 0 Å². The molecule has 1 unspecified atom stereocenters. The number of rotatable bonds is 11. The van der Waals surface area contributed by atoms with E-state index in [0.29, 0.717) is 24.6 Å². The Hall–Kier alpha value is -1.26. The number of anilines is 1. The number of aliphatic hydroxyl groups excluding tert-OH is 1. The molecule has 21 heavy (non-hydrogen) atoms. The standard InChI is InChI=1S/C17H30N2O2/c1-3-5-10-19(11-6-4-2)13-16(20)14-21-17-9-7-8-15(18)12-17/h7-9,12,16,20H,3-6,10-11,13-14,18H2,1-2H3. The summed E-state index contributed by atoms with van der Waals surface area (Å²) in [7, 11) is 0. The molecule has 0 bridgehead atoms. The van der Waals surface area contributed by atoms with E-state index in [-0.39, 0.29) is 0 Å². The minimum atomic E-state index is -0.472. The lowest BCUT2D eigenvalue weighted by atomic mass is 10.2. The molecule has 4 nitrogen and oxygen atoms in total. The summed E-state index contributed by atoms with van der Waals surface area (Å²) in [5, 5.41) is 10.2. The van der Waals surface area contributed by atoms with E-state index in [9.17, 15) is 5.11 Å². The van der Waals surface area contributed by atoms with Crippen molar-refractivity contribution in [3.8, 4) is 5.75 Å². The van der Waals surface area contributed by atoms with E-state index < -0.39 is 6.10 Å². The second-order valence-corrected chi connectivity index (χ2v) is 5.55. The van der Waals surface area contributed by atoms with Gasteiger partial charge in [-0.25, -0.2) is 0 Å². The van der Waals surface area contributed by atoms with Crippen molar-refractivity contribution in [3.05, 3.63) is 24.3 Å². The van der Waals surface area contributed by atoms with E-state index in [2.05, 4.69) is 18.7 Å². The zero-order valence-electron chi connectivity index (χ0n) is 13.4. The number of nitrogen functional groups attached to an aromatic ring is 1. The Balaban J connectivity index is 2.36. The Morgan fingerprint density at radius 1 is 1.19 bits per heavy atom. The first-order valence-electron chi connectivity index (χ1n) is 8.04. The Kier molecular flexibility index (Phi) is 8.87. The van der Waals surface area contributed by atoms with Crippen molar-refractivity contribution in [1.82, 2.24) is 4.90 Å². The van der Waals surface area contributed by atoms with E-state index in [4.69, 9.17) is 10.5 Å². The second-order valence-electron chi connectivity index (χ2n) is 5.55. The Bertz CT molecular complexity index is 377. The fourth-order valence-electron chi connectivity index (χ4n) is 2.21. The minimum absolute atomic E-state index is 0.304. The van der Waals surface area contributed by atoms with Crippen LogP contribution in [0.1, 0.15) is 39.5 Å². The SMILES string of the molecule is CCCCN(CCCC)CC(O)COc1cccc(N)c1. The molecule has 0 saturated carbocycles. The maximum Gasteiger partial charge on any atom is 0.121 e. The topological polar surface area (TPSA) is 58.7 Å². The van der Waals surface area contributed by atoms with Crippen molar-refractivity contribution in [2.24, 2.45) is 0 Å². The van der Waals surface area contributed by atoms with Gasteiger partial charge in [0, 0.05) is 18.3 Å². The molecule has 1 atom stereocenters. The summed E-state index contributed by atoms with van der Waals surface area (Å²) >= 11 is 0. The number of nitrogens with two attached hydrogens (primary N) is 1. The molecule has 1 aromatic carbocycles. The summed E-state index contributed by atoms with van der Waals surface area (Å²) in [5.41, 5.74) is 6.38. The van der Waals surface area contributed by atoms with Gasteiger partial charge >= 0.3 is 0 Å². The van der Waals surface area contributed by atoms with Crippen LogP contribution in [-0.2, 0) is 0 Å². The molecule has 0 radical (unpaired) electrons. The molecule has 0 aliphatic carbocycles. The van der Waals surface area contributed by atoms with Gasteiger partial charge in [0.1, 0.15) is 18.5 Å². The van der Waals surface area contributed by atoms with E-state index >= 15 is 0 Å². The predicted molar refractivity (Wildman–Crippen MR) is 88.6 cm³/mol. The van der Waals surface area contributed by atoms with Crippen molar-refractivity contribution in [3.63, 3.8) is 0 Å². The normalized spacial score (nSPS) is 12.6. The Labute approximate surface area is 128 Å². The van der Waals surface area contributed by atoms with Gasteiger partial charge < -0.3 is 20.5 Å². The Morgan fingerprint density at radius 3 is 2.43 bits per heavy atom. The van der Waals surface area contributed by atoms with E-state index in [1.807, 2.05) is 18.2 Å². The van der Waals surface area contributed by atoms with Crippen LogP contribution in [0.5, 0.6) is 5.75 Å². The molecule has 1 aromatic rings. The van der Waals surface area contributed by atoms with Crippen LogP contribution in [0, 0.1) is 0 Å². The lowest BCUT2D eigenvalue weighted by Crippen LogP contribution is -2.36. The number of benzene rings is 1. The maximum atomic E-state index is 10.2. The molecule has 0 aliphatic rings. The third-order valence-corrected chi connectivity index (χ3v) is 3.43. The fraction of sp³-hybridized carbons (Fsp3) is 0.647. The summed E-state index contributed by atoms with van der Waals surface area (Å²) in [5.74, 6) is 0.711. The van der Waals surface area contributed by atoms with Gasteiger partial charge in [-0.15, -0.1) is 0 Å². The molecule has 0 saturated heterocycles. The quantitative estimate of drug-likeness (QED) is 0.616. The van der Waals surface area contributed by atoms with E-state index in [1.54, 1.807) is 6.07 Å². The van der Waals surface area contributed by atoms with Gasteiger partial charge in [-0.2, -0.15) is 0 Å². The molecular formula is C17H30N2O2. The molecule has 0 amide bonds. The Morgan fingerprint density at radius 2 is 1.86 bits per heavy atom. The first kappa shape index (κ1) is 17.8. The largest absolute Gasteiger partial charge is 0.491 e. The predicted octanol–water partition coefficient (Wildman–Crippen LogP) is 2.91. The van der Waals surface area contributed by atoms with Crippen LogP contribution in [-0.4, -0.2) is 42.4 Å². The summed E-state index contributed by atoms with van der Waals surface area (Å²) in [6.45, 7) is 7.45. The highest BCUT2D eigenvalue weighted by Gasteiger charge is 2.12. The second kappa shape index (κ2) is 10.5. The number of hydrogen-bond acceptors (Lipinski definition) is 4. The summed E-state index contributed by atoms with van der Waals surface area (Å²) < 4.78 is 5.60. The van der Waals surface area contributed by atoms with Gasteiger partial charge in [0.2, 0.25) is 0 Å².